The Morgan fingerprint density at radius 2 is 2.09 bits per heavy atom. The van der Waals surface area contributed by atoms with E-state index in [2.05, 4.69) is 34.9 Å². The summed E-state index contributed by atoms with van der Waals surface area (Å²) in [6, 6.07) is 8.53. The first-order valence-corrected chi connectivity index (χ1v) is 8.85. The molecule has 1 unspecified atom stereocenters. The number of carbonyl (C=O) groups excluding carboxylic acids is 1. The third-order valence-electron chi connectivity index (χ3n) is 5.47. The Morgan fingerprint density at radius 1 is 1.30 bits per heavy atom. The van der Waals surface area contributed by atoms with Gasteiger partial charge in [0, 0.05) is 18.7 Å². The molecule has 2 aliphatic heterocycles. The summed E-state index contributed by atoms with van der Waals surface area (Å²) in [5, 5.41) is 6.99. The van der Waals surface area contributed by atoms with Crippen molar-refractivity contribution < 1.29 is 9.53 Å². The minimum Gasteiger partial charge on any atom is -0.469 e. The average molecular weight is 316 g/mol. The fourth-order valence-electron chi connectivity index (χ4n) is 4.09. The molecule has 4 nitrogen and oxygen atoms in total. The molecule has 23 heavy (non-hydrogen) atoms. The fourth-order valence-corrected chi connectivity index (χ4v) is 4.09. The van der Waals surface area contributed by atoms with E-state index in [-0.39, 0.29) is 5.97 Å². The third kappa shape index (κ3) is 4.25. The van der Waals surface area contributed by atoms with Crippen LogP contribution in [0.3, 0.4) is 0 Å². The van der Waals surface area contributed by atoms with Gasteiger partial charge < -0.3 is 15.4 Å². The zero-order valence-corrected chi connectivity index (χ0v) is 14.0. The zero-order valence-electron chi connectivity index (χ0n) is 14.0. The minimum atomic E-state index is -0.0669. The highest BCUT2D eigenvalue weighted by molar-refractivity contribution is 5.69. The van der Waals surface area contributed by atoms with Gasteiger partial charge in [-0.05, 0) is 68.2 Å². The van der Waals surface area contributed by atoms with E-state index >= 15 is 0 Å². The summed E-state index contributed by atoms with van der Waals surface area (Å²) in [7, 11) is 1.50. The molecule has 0 aliphatic carbocycles. The normalized spacial score (nSPS) is 22.7. The minimum absolute atomic E-state index is 0.0669. The van der Waals surface area contributed by atoms with Crippen LogP contribution in [0.25, 0.3) is 0 Å². The molecule has 0 amide bonds. The van der Waals surface area contributed by atoms with Crippen LogP contribution >= 0.6 is 0 Å². The van der Waals surface area contributed by atoms with Crippen LogP contribution in [-0.4, -0.2) is 32.7 Å². The lowest BCUT2D eigenvalue weighted by Crippen LogP contribution is -2.34. The highest BCUT2D eigenvalue weighted by Crippen LogP contribution is 2.35. The number of benzene rings is 1. The summed E-state index contributed by atoms with van der Waals surface area (Å²) < 4.78 is 4.96. The smallest absolute Gasteiger partial charge is 0.305 e. The third-order valence-corrected chi connectivity index (χ3v) is 5.47. The van der Waals surface area contributed by atoms with Crippen LogP contribution in [0.15, 0.2) is 24.3 Å². The van der Waals surface area contributed by atoms with E-state index in [4.69, 9.17) is 4.74 Å². The number of rotatable bonds is 5. The van der Waals surface area contributed by atoms with Crippen molar-refractivity contribution >= 4 is 11.7 Å². The zero-order chi connectivity index (χ0) is 16.1. The molecule has 0 saturated carbocycles. The monoisotopic (exact) mass is 316 g/mol. The maximum Gasteiger partial charge on any atom is 0.305 e. The Hall–Kier alpha value is -1.55. The van der Waals surface area contributed by atoms with E-state index in [1.807, 2.05) is 0 Å². The number of ether oxygens (including phenoxy) is 1. The number of fused-ring (bicyclic) bond motifs is 1. The van der Waals surface area contributed by atoms with Crippen molar-refractivity contribution in [2.75, 3.05) is 32.1 Å². The number of piperidine rings is 1. The molecule has 2 N–H and O–H groups in total. The molecule has 2 aliphatic rings. The van der Waals surface area contributed by atoms with E-state index in [0.717, 1.165) is 38.4 Å². The summed E-state index contributed by atoms with van der Waals surface area (Å²) in [6.07, 6.45) is 5.22. The number of nitrogens with one attached hydrogen (secondary N) is 2. The van der Waals surface area contributed by atoms with Gasteiger partial charge in [0.1, 0.15) is 0 Å². The summed E-state index contributed by atoms with van der Waals surface area (Å²) >= 11 is 0. The van der Waals surface area contributed by atoms with Crippen molar-refractivity contribution in [3.63, 3.8) is 0 Å². The number of anilines is 1. The predicted octanol–water partition coefficient (Wildman–Crippen LogP) is 2.84. The molecule has 0 radical (unpaired) electrons. The number of esters is 1. The van der Waals surface area contributed by atoms with Crippen molar-refractivity contribution in [1.82, 2.24) is 5.32 Å². The van der Waals surface area contributed by atoms with Crippen LogP contribution in [0.5, 0.6) is 0 Å². The molecule has 2 atom stereocenters. The molecule has 2 heterocycles. The highest BCUT2D eigenvalue weighted by Gasteiger charge is 2.30. The molecule has 0 bridgehead atoms. The predicted molar refractivity (Wildman–Crippen MR) is 92.5 cm³/mol. The van der Waals surface area contributed by atoms with Gasteiger partial charge in [-0.3, -0.25) is 4.79 Å². The molecular formula is C19H28N2O2. The summed E-state index contributed by atoms with van der Waals surface area (Å²) in [5.74, 6) is 1.59. The second-order valence-corrected chi connectivity index (χ2v) is 6.97. The number of para-hydroxylation sites is 1. The van der Waals surface area contributed by atoms with Gasteiger partial charge in [-0.25, -0.2) is 0 Å². The van der Waals surface area contributed by atoms with Gasteiger partial charge in [-0.1, -0.05) is 18.2 Å². The van der Waals surface area contributed by atoms with E-state index < -0.39 is 0 Å². The first-order valence-electron chi connectivity index (χ1n) is 8.85. The van der Waals surface area contributed by atoms with Crippen molar-refractivity contribution in [1.29, 1.82) is 0 Å². The number of hydrogen-bond acceptors (Lipinski definition) is 4. The molecule has 1 fully saturated rings. The molecular weight excluding hydrogens is 288 g/mol. The van der Waals surface area contributed by atoms with Crippen molar-refractivity contribution in [2.24, 2.45) is 17.8 Å². The van der Waals surface area contributed by atoms with Crippen LogP contribution in [0.2, 0.25) is 0 Å². The molecule has 4 heteroatoms. The Morgan fingerprint density at radius 3 is 2.87 bits per heavy atom. The van der Waals surface area contributed by atoms with Crippen LogP contribution in [0.4, 0.5) is 5.69 Å². The molecule has 1 aromatic carbocycles. The second-order valence-electron chi connectivity index (χ2n) is 6.97. The maximum absolute atomic E-state index is 11.9. The van der Waals surface area contributed by atoms with Crippen molar-refractivity contribution in [2.45, 2.75) is 32.1 Å². The Labute approximate surface area is 139 Å². The van der Waals surface area contributed by atoms with Gasteiger partial charge in [-0.2, -0.15) is 0 Å². The Bertz CT molecular complexity index is 526. The first-order chi connectivity index (χ1) is 11.3. The summed E-state index contributed by atoms with van der Waals surface area (Å²) in [5.41, 5.74) is 2.63. The van der Waals surface area contributed by atoms with E-state index in [1.54, 1.807) is 0 Å². The highest BCUT2D eigenvalue weighted by atomic mass is 16.5. The average Bonchev–Trinajstić information content (AvgIpc) is 2.61. The number of hydrogen-bond donors (Lipinski definition) is 2. The van der Waals surface area contributed by atoms with E-state index in [0.29, 0.717) is 18.3 Å². The van der Waals surface area contributed by atoms with Gasteiger partial charge in [0.05, 0.1) is 7.11 Å². The van der Waals surface area contributed by atoms with Gasteiger partial charge in [0.15, 0.2) is 0 Å². The topological polar surface area (TPSA) is 50.4 Å². The molecule has 3 rings (SSSR count). The summed E-state index contributed by atoms with van der Waals surface area (Å²) in [4.78, 5) is 11.9. The van der Waals surface area contributed by atoms with Crippen LogP contribution in [0.1, 0.15) is 31.2 Å². The van der Waals surface area contributed by atoms with Crippen molar-refractivity contribution in [3.8, 4) is 0 Å². The van der Waals surface area contributed by atoms with Crippen LogP contribution in [-0.2, 0) is 16.0 Å². The van der Waals surface area contributed by atoms with E-state index in [1.165, 1.54) is 31.2 Å². The second kappa shape index (κ2) is 7.82. The SMILES string of the molecule is COC(=O)C[C@H](CC1CCNCC1)C1CNc2ccccc2C1. The van der Waals surface area contributed by atoms with Gasteiger partial charge in [-0.15, -0.1) is 0 Å². The van der Waals surface area contributed by atoms with Crippen LogP contribution < -0.4 is 10.6 Å². The first kappa shape index (κ1) is 16.3. The molecule has 126 valence electrons. The Balaban J connectivity index is 1.68. The molecule has 1 aromatic rings. The van der Waals surface area contributed by atoms with Gasteiger partial charge in [0.2, 0.25) is 0 Å². The Kier molecular flexibility index (Phi) is 5.55. The lowest BCUT2D eigenvalue weighted by Gasteiger charge is -2.35. The van der Waals surface area contributed by atoms with Gasteiger partial charge >= 0.3 is 5.97 Å². The molecule has 1 saturated heterocycles. The van der Waals surface area contributed by atoms with Crippen molar-refractivity contribution in [3.05, 3.63) is 29.8 Å². The lowest BCUT2D eigenvalue weighted by molar-refractivity contribution is -0.142. The fraction of sp³-hybridized carbons (Fsp3) is 0.632. The largest absolute Gasteiger partial charge is 0.469 e. The van der Waals surface area contributed by atoms with Crippen LogP contribution in [0, 0.1) is 17.8 Å². The molecule has 0 spiro atoms. The standard InChI is InChI=1S/C19H28N2O2/c1-23-19(22)12-16(10-14-6-8-20-9-7-14)17-11-15-4-2-3-5-18(15)21-13-17/h2-5,14,16-17,20-21H,6-13H2,1H3/t16-,17?/m0/s1. The van der Waals surface area contributed by atoms with Gasteiger partial charge in [0.25, 0.3) is 0 Å². The van der Waals surface area contributed by atoms with E-state index in [9.17, 15) is 4.79 Å². The summed E-state index contributed by atoms with van der Waals surface area (Å²) in [6.45, 7) is 3.19. The number of methoxy groups -OCH3 is 1. The number of carbonyl (C=O) groups is 1. The quantitative estimate of drug-likeness (QED) is 0.820. The molecule has 0 aromatic heterocycles. The lowest BCUT2D eigenvalue weighted by atomic mass is 9.76. The maximum atomic E-state index is 11.9.